The zero-order valence-electron chi connectivity index (χ0n) is 12.8. The van der Waals surface area contributed by atoms with Crippen LogP contribution >= 0.6 is 0 Å². The molecule has 1 aliphatic rings. The first-order valence-electron chi connectivity index (χ1n) is 7.48. The summed E-state index contributed by atoms with van der Waals surface area (Å²) in [5.41, 5.74) is 0.938. The van der Waals surface area contributed by atoms with Crippen LogP contribution in [0, 0.1) is 5.92 Å². The van der Waals surface area contributed by atoms with Crippen LogP contribution in [0.25, 0.3) is 0 Å². The van der Waals surface area contributed by atoms with E-state index in [1.807, 2.05) is 17.0 Å². The van der Waals surface area contributed by atoms with Crippen LogP contribution in [-0.2, 0) is 16.1 Å². The lowest BCUT2D eigenvalue weighted by Gasteiger charge is -2.32. The van der Waals surface area contributed by atoms with Gasteiger partial charge >= 0.3 is 0 Å². The van der Waals surface area contributed by atoms with Gasteiger partial charge in [-0.05, 0) is 30.4 Å². The minimum Gasteiger partial charge on any atom is -0.341 e. The first-order valence-corrected chi connectivity index (χ1v) is 7.48. The van der Waals surface area contributed by atoms with Crippen LogP contribution < -0.4 is 0 Å². The second-order valence-electron chi connectivity index (χ2n) is 5.80. The monoisotopic (exact) mass is 289 g/mol. The molecule has 1 aromatic rings. The Hall–Kier alpha value is -1.91. The van der Waals surface area contributed by atoms with Gasteiger partial charge in [-0.1, -0.05) is 13.0 Å². The average molecular weight is 289 g/mol. The van der Waals surface area contributed by atoms with E-state index >= 15 is 0 Å². The average Bonchev–Trinajstić information content (AvgIpc) is 2.48. The van der Waals surface area contributed by atoms with Crippen LogP contribution in [0.15, 0.2) is 24.5 Å². The first kappa shape index (κ1) is 15.5. The highest BCUT2D eigenvalue weighted by molar-refractivity contribution is 5.83. The number of rotatable bonds is 4. The van der Waals surface area contributed by atoms with Crippen molar-refractivity contribution in [1.29, 1.82) is 0 Å². The normalized spacial score (nSPS) is 15.8. The van der Waals surface area contributed by atoms with E-state index in [4.69, 9.17) is 0 Å². The van der Waals surface area contributed by atoms with Crippen LogP contribution in [0.3, 0.4) is 0 Å². The summed E-state index contributed by atoms with van der Waals surface area (Å²) in [5, 5.41) is 0. The van der Waals surface area contributed by atoms with E-state index < -0.39 is 0 Å². The molecule has 21 heavy (non-hydrogen) atoms. The molecule has 2 amide bonds. The SMILES string of the molecule is CC(=O)N(CC(=O)N1CCC(C)CC1)Cc1cccnc1. The minimum atomic E-state index is -0.0856. The Balaban J connectivity index is 1.93. The number of pyridine rings is 1. The maximum Gasteiger partial charge on any atom is 0.242 e. The van der Waals surface area contributed by atoms with E-state index in [-0.39, 0.29) is 18.4 Å². The fraction of sp³-hybridized carbons (Fsp3) is 0.562. The largest absolute Gasteiger partial charge is 0.341 e. The highest BCUT2D eigenvalue weighted by Crippen LogP contribution is 2.16. The predicted octanol–water partition coefficient (Wildman–Crippen LogP) is 1.69. The molecule has 1 aliphatic heterocycles. The molecule has 0 spiro atoms. The molecule has 0 N–H and O–H groups in total. The number of amides is 2. The smallest absolute Gasteiger partial charge is 0.242 e. The van der Waals surface area contributed by atoms with Crippen molar-refractivity contribution >= 4 is 11.8 Å². The van der Waals surface area contributed by atoms with Crippen LogP contribution in [0.4, 0.5) is 0 Å². The van der Waals surface area contributed by atoms with Crippen molar-refractivity contribution in [3.63, 3.8) is 0 Å². The van der Waals surface area contributed by atoms with Gasteiger partial charge in [0.2, 0.25) is 11.8 Å². The zero-order valence-corrected chi connectivity index (χ0v) is 12.8. The number of hydrogen-bond acceptors (Lipinski definition) is 3. The van der Waals surface area contributed by atoms with Crippen LogP contribution in [0.5, 0.6) is 0 Å². The molecule has 0 aromatic carbocycles. The Labute approximate surface area is 126 Å². The molecule has 0 unspecified atom stereocenters. The van der Waals surface area contributed by atoms with Gasteiger partial charge in [0.1, 0.15) is 6.54 Å². The topological polar surface area (TPSA) is 53.5 Å². The fourth-order valence-electron chi connectivity index (χ4n) is 2.51. The molecule has 5 nitrogen and oxygen atoms in total. The van der Waals surface area contributed by atoms with E-state index in [0.29, 0.717) is 12.5 Å². The lowest BCUT2D eigenvalue weighted by molar-refractivity contribution is -0.140. The summed E-state index contributed by atoms with van der Waals surface area (Å²) in [5.74, 6) is 0.645. The summed E-state index contributed by atoms with van der Waals surface area (Å²) in [6.45, 7) is 5.91. The number of piperidine rings is 1. The van der Waals surface area contributed by atoms with Gasteiger partial charge in [-0.25, -0.2) is 0 Å². The van der Waals surface area contributed by atoms with Crippen molar-refractivity contribution in [3.8, 4) is 0 Å². The van der Waals surface area contributed by atoms with E-state index in [9.17, 15) is 9.59 Å². The second-order valence-corrected chi connectivity index (χ2v) is 5.80. The van der Waals surface area contributed by atoms with Crippen molar-refractivity contribution in [2.45, 2.75) is 33.2 Å². The molecule has 0 bridgehead atoms. The van der Waals surface area contributed by atoms with Crippen LogP contribution in [0.1, 0.15) is 32.3 Å². The third-order valence-corrected chi connectivity index (χ3v) is 4.00. The number of likely N-dealkylation sites (tertiary alicyclic amines) is 1. The van der Waals surface area contributed by atoms with Crippen LogP contribution in [-0.4, -0.2) is 46.2 Å². The highest BCUT2D eigenvalue weighted by atomic mass is 16.2. The third kappa shape index (κ3) is 4.55. The van der Waals surface area contributed by atoms with Gasteiger partial charge in [0, 0.05) is 39.0 Å². The highest BCUT2D eigenvalue weighted by Gasteiger charge is 2.23. The van der Waals surface area contributed by atoms with Gasteiger partial charge < -0.3 is 9.80 Å². The Morgan fingerprint density at radius 3 is 2.67 bits per heavy atom. The zero-order chi connectivity index (χ0) is 15.2. The summed E-state index contributed by atoms with van der Waals surface area (Å²) in [4.78, 5) is 31.6. The van der Waals surface area contributed by atoms with Gasteiger partial charge in [-0.3, -0.25) is 14.6 Å². The number of aromatic nitrogens is 1. The summed E-state index contributed by atoms with van der Waals surface area (Å²) < 4.78 is 0. The molecule has 0 atom stereocenters. The molecule has 114 valence electrons. The molecule has 0 radical (unpaired) electrons. The second kappa shape index (κ2) is 7.20. The maximum atomic E-state index is 12.3. The molecule has 2 heterocycles. The molecular weight excluding hydrogens is 266 g/mol. The standard InChI is InChI=1S/C16H23N3O2/c1-13-5-8-18(9-6-13)16(21)12-19(14(2)20)11-15-4-3-7-17-10-15/h3-4,7,10,13H,5-6,8-9,11-12H2,1-2H3. The molecule has 5 heteroatoms. The Kier molecular flexibility index (Phi) is 5.31. The Morgan fingerprint density at radius 1 is 1.38 bits per heavy atom. The van der Waals surface area contributed by atoms with E-state index in [1.54, 1.807) is 17.3 Å². The lowest BCUT2D eigenvalue weighted by Crippen LogP contribution is -2.44. The van der Waals surface area contributed by atoms with E-state index in [1.165, 1.54) is 6.92 Å². The summed E-state index contributed by atoms with van der Waals surface area (Å²) in [6.07, 6.45) is 5.52. The van der Waals surface area contributed by atoms with Crippen LogP contribution in [0.2, 0.25) is 0 Å². The van der Waals surface area contributed by atoms with Crippen molar-refractivity contribution < 1.29 is 9.59 Å². The summed E-state index contributed by atoms with van der Waals surface area (Å²) in [6, 6.07) is 3.75. The minimum absolute atomic E-state index is 0.0426. The van der Waals surface area contributed by atoms with Crippen molar-refractivity contribution in [3.05, 3.63) is 30.1 Å². The van der Waals surface area contributed by atoms with Crippen molar-refractivity contribution in [1.82, 2.24) is 14.8 Å². The van der Waals surface area contributed by atoms with E-state index in [2.05, 4.69) is 11.9 Å². The molecule has 1 saturated heterocycles. The quantitative estimate of drug-likeness (QED) is 0.847. The van der Waals surface area contributed by atoms with Gasteiger partial charge in [-0.15, -0.1) is 0 Å². The number of hydrogen-bond donors (Lipinski definition) is 0. The number of nitrogens with zero attached hydrogens (tertiary/aromatic N) is 3. The summed E-state index contributed by atoms with van der Waals surface area (Å²) >= 11 is 0. The predicted molar refractivity (Wildman–Crippen MR) is 80.3 cm³/mol. The maximum absolute atomic E-state index is 12.3. The third-order valence-electron chi connectivity index (χ3n) is 4.00. The summed E-state index contributed by atoms with van der Waals surface area (Å²) in [7, 11) is 0. The Bertz CT molecular complexity index is 482. The van der Waals surface area contributed by atoms with Crippen molar-refractivity contribution in [2.24, 2.45) is 5.92 Å². The van der Waals surface area contributed by atoms with Crippen molar-refractivity contribution in [2.75, 3.05) is 19.6 Å². The molecule has 0 aliphatic carbocycles. The first-order chi connectivity index (χ1) is 10.1. The molecular formula is C16H23N3O2. The van der Waals surface area contributed by atoms with Gasteiger partial charge in [-0.2, -0.15) is 0 Å². The number of carbonyl (C=O) groups is 2. The molecule has 2 rings (SSSR count). The van der Waals surface area contributed by atoms with Gasteiger partial charge in [0.05, 0.1) is 0 Å². The fourth-order valence-corrected chi connectivity index (χ4v) is 2.51. The molecule has 1 fully saturated rings. The number of carbonyl (C=O) groups excluding carboxylic acids is 2. The Morgan fingerprint density at radius 2 is 2.10 bits per heavy atom. The molecule has 0 saturated carbocycles. The van der Waals surface area contributed by atoms with Gasteiger partial charge in [0.15, 0.2) is 0 Å². The van der Waals surface area contributed by atoms with Gasteiger partial charge in [0.25, 0.3) is 0 Å². The lowest BCUT2D eigenvalue weighted by atomic mass is 9.99. The molecule has 1 aromatic heterocycles. The van der Waals surface area contributed by atoms with E-state index in [0.717, 1.165) is 31.5 Å².